The summed E-state index contributed by atoms with van der Waals surface area (Å²) in [5, 5.41) is 0.160. The summed E-state index contributed by atoms with van der Waals surface area (Å²) in [5.41, 5.74) is 6.56. The highest BCUT2D eigenvalue weighted by atomic mass is 28.4. The number of amides is 1. The van der Waals surface area contributed by atoms with E-state index >= 15 is 0 Å². The fourth-order valence-corrected chi connectivity index (χ4v) is 5.91. The summed E-state index contributed by atoms with van der Waals surface area (Å²) in [5.74, 6) is 0.994. The maximum Gasteiger partial charge on any atom is 0.261 e. The molecule has 0 unspecified atom stereocenters. The van der Waals surface area contributed by atoms with Gasteiger partial charge in [0, 0.05) is 24.4 Å². The predicted octanol–water partition coefficient (Wildman–Crippen LogP) is 7.39. The summed E-state index contributed by atoms with van der Waals surface area (Å²) in [7, 11) is -0.257. The Morgan fingerprint density at radius 2 is 1.72 bits per heavy atom. The van der Waals surface area contributed by atoms with Crippen LogP contribution in [0.3, 0.4) is 0 Å². The topological polar surface area (TPSA) is 60.4 Å². The number of nitrogens with zero attached hydrogens (tertiary/aromatic N) is 2. The standard InChI is InChI=1S/C32H38N2O4Si/c1-21-12-22(14-23(13-21)20-38-39(6,7)32(2,3)4)19-37-30-17-27-26(16-29(30)36-5)31(35)34-25(18-33-27)15-24-10-8-9-11-28(24)34/h8-14,16-18,25H,15,19-20H2,1-7H3/t25-/m0/s1. The first-order chi connectivity index (χ1) is 18.5. The minimum atomic E-state index is -1.85. The molecule has 0 saturated heterocycles. The van der Waals surface area contributed by atoms with Gasteiger partial charge in [-0.3, -0.25) is 14.7 Å². The van der Waals surface area contributed by atoms with Crippen molar-refractivity contribution >= 4 is 31.8 Å². The number of carbonyl (C=O) groups is 1. The number of rotatable bonds is 7. The maximum atomic E-state index is 13.6. The molecule has 204 valence electrons. The van der Waals surface area contributed by atoms with E-state index < -0.39 is 8.32 Å². The lowest BCUT2D eigenvalue weighted by atomic mass is 10.1. The van der Waals surface area contributed by atoms with Gasteiger partial charge < -0.3 is 13.9 Å². The van der Waals surface area contributed by atoms with Crippen LogP contribution in [0.2, 0.25) is 18.1 Å². The molecule has 1 atom stereocenters. The lowest BCUT2D eigenvalue weighted by Gasteiger charge is -2.36. The number of hydrogen-bond donors (Lipinski definition) is 0. The van der Waals surface area contributed by atoms with Crippen LogP contribution in [0.5, 0.6) is 11.5 Å². The number of hydrogen-bond acceptors (Lipinski definition) is 5. The van der Waals surface area contributed by atoms with Crippen LogP contribution in [0.4, 0.5) is 11.4 Å². The van der Waals surface area contributed by atoms with E-state index in [0.717, 1.165) is 34.4 Å². The van der Waals surface area contributed by atoms with Crippen LogP contribution in [-0.4, -0.2) is 33.6 Å². The minimum absolute atomic E-state index is 0.0765. The molecular weight excluding hydrogens is 504 g/mol. The molecule has 2 aliphatic heterocycles. The second-order valence-electron chi connectivity index (χ2n) is 12.0. The molecule has 0 aromatic heterocycles. The third kappa shape index (κ3) is 5.38. The van der Waals surface area contributed by atoms with Crippen LogP contribution in [0.1, 0.15) is 53.4 Å². The first-order valence-corrected chi connectivity index (χ1v) is 16.4. The molecule has 1 amide bonds. The number of aliphatic imine (C=N–C) groups is 1. The van der Waals surface area contributed by atoms with E-state index in [4.69, 9.17) is 18.9 Å². The molecule has 5 rings (SSSR count). The van der Waals surface area contributed by atoms with Crippen molar-refractivity contribution in [1.29, 1.82) is 0 Å². The number of benzene rings is 3. The van der Waals surface area contributed by atoms with E-state index in [0.29, 0.717) is 36.0 Å². The monoisotopic (exact) mass is 542 g/mol. The minimum Gasteiger partial charge on any atom is -0.493 e. The summed E-state index contributed by atoms with van der Waals surface area (Å²) in [6.07, 6.45) is 2.63. The Balaban J connectivity index is 1.36. The molecular formula is C32H38N2O4Si. The predicted molar refractivity (Wildman–Crippen MR) is 159 cm³/mol. The molecule has 2 heterocycles. The van der Waals surface area contributed by atoms with Gasteiger partial charge in [-0.1, -0.05) is 62.7 Å². The Labute approximate surface area is 232 Å². The van der Waals surface area contributed by atoms with Gasteiger partial charge in [-0.25, -0.2) is 0 Å². The molecule has 39 heavy (non-hydrogen) atoms. The summed E-state index contributed by atoms with van der Waals surface area (Å²) in [6.45, 7) is 14.3. The highest BCUT2D eigenvalue weighted by molar-refractivity contribution is 6.74. The molecule has 7 heteroatoms. The van der Waals surface area contributed by atoms with E-state index in [-0.39, 0.29) is 17.0 Å². The van der Waals surface area contributed by atoms with Gasteiger partial charge in [-0.15, -0.1) is 0 Å². The van der Waals surface area contributed by atoms with E-state index in [9.17, 15) is 4.79 Å². The second kappa shape index (κ2) is 10.3. The zero-order valence-corrected chi connectivity index (χ0v) is 25.0. The van der Waals surface area contributed by atoms with Gasteiger partial charge in [0.25, 0.3) is 5.91 Å². The second-order valence-corrected chi connectivity index (χ2v) is 16.8. The zero-order valence-electron chi connectivity index (χ0n) is 24.0. The molecule has 6 nitrogen and oxygen atoms in total. The Bertz CT molecular complexity index is 1440. The van der Waals surface area contributed by atoms with Crippen molar-refractivity contribution in [3.8, 4) is 11.5 Å². The van der Waals surface area contributed by atoms with Crippen LogP contribution in [-0.2, 0) is 24.1 Å². The molecule has 0 aliphatic carbocycles. The normalized spacial score (nSPS) is 16.4. The molecule has 0 radical (unpaired) electrons. The average molecular weight is 543 g/mol. The van der Waals surface area contributed by atoms with Crippen LogP contribution in [0, 0.1) is 6.92 Å². The number of aryl methyl sites for hydroxylation is 1. The highest BCUT2D eigenvalue weighted by Crippen LogP contribution is 2.41. The molecule has 0 spiro atoms. The number of ether oxygens (including phenoxy) is 2. The van der Waals surface area contributed by atoms with Crippen LogP contribution in [0.25, 0.3) is 0 Å². The number of anilines is 1. The van der Waals surface area contributed by atoms with Gasteiger partial charge in [0.1, 0.15) is 6.61 Å². The van der Waals surface area contributed by atoms with Gasteiger partial charge in [0.15, 0.2) is 19.8 Å². The van der Waals surface area contributed by atoms with Crippen LogP contribution in [0.15, 0.2) is 59.6 Å². The zero-order chi connectivity index (χ0) is 27.9. The Morgan fingerprint density at radius 3 is 2.44 bits per heavy atom. The first-order valence-electron chi connectivity index (χ1n) is 13.5. The van der Waals surface area contributed by atoms with Crippen molar-refractivity contribution < 1.29 is 18.7 Å². The van der Waals surface area contributed by atoms with Crippen molar-refractivity contribution in [2.75, 3.05) is 12.0 Å². The molecule has 3 aromatic rings. The smallest absolute Gasteiger partial charge is 0.261 e. The molecule has 2 aliphatic rings. The van der Waals surface area contributed by atoms with E-state index in [1.165, 1.54) is 0 Å². The highest BCUT2D eigenvalue weighted by Gasteiger charge is 2.38. The Kier molecular flexibility index (Phi) is 7.16. The van der Waals surface area contributed by atoms with E-state index in [1.54, 1.807) is 13.2 Å². The number of methoxy groups -OCH3 is 1. The van der Waals surface area contributed by atoms with Gasteiger partial charge in [-0.05, 0) is 53.9 Å². The number of para-hydroxylation sites is 1. The SMILES string of the molecule is COc1cc2c(cc1OCc1cc(C)cc(CO[Si](C)(C)C(C)(C)C)c1)N=C[C@@H]1Cc3ccccc3N1C2=O. The molecule has 0 fully saturated rings. The lowest BCUT2D eigenvalue weighted by molar-refractivity contribution is 0.0986. The lowest BCUT2D eigenvalue weighted by Crippen LogP contribution is -2.40. The summed E-state index contributed by atoms with van der Waals surface area (Å²) >= 11 is 0. The van der Waals surface area contributed by atoms with Gasteiger partial charge in [-0.2, -0.15) is 0 Å². The van der Waals surface area contributed by atoms with Crippen molar-refractivity contribution in [1.82, 2.24) is 0 Å². The maximum absolute atomic E-state index is 13.6. The Hall–Kier alpha value is -3.42. The van der Waals surface area contributed by atoms with Gasteiger partial charge in [0.2, 0.25) is 0 Å². The third-order valence-electron chi connectivity index (χ3n) is 8.13. The van der Waals surface area contributed by atoms with Gasteiger partial charge >= 0.3 is 0 Å². The van der Waals surface area contributed by atoms with Crippen LogP contribution < -0.4 is 14.4 Å². The Morgan fingerprint density at radius 1 is 1.00 bits per heavy atom. The fourth-order valence-electron chi connectivity index (χ4n) is 4.94. The van der Waals surface area contributed by atoms with E-state index in [1.807, 2.05) is 35.4 Å². The van der Waals surface area contributed by atoms with Crippen molar-refractivity contribution in [2.24, 2.45) is 4.99 Å². The fraction of sp³-hybridized carbons (Fsp3) is 0.375. The largest absolute Gasteiger partial charge is 0.493 e. The number of carbonyl (C=O) groups excluding carboxylic acids is 1. The molecule has 0 saturated carbocycles. The molecule has 0 N–H and O–H groups in total. The van der Waals surface area contributed by atoms with Crippen molar-refractivity contribution in [3.05, 3.63) is 82.4 Å². The van der Waals surface area contributed by atoms with E-state index in [2.05, 4.69) is 65.1 Å². The van der Waals surface area contributed by atoms with Gasteiger partial charge in [0.05, 0.1) is 31.0 Å². The average Bonchev–Trinajstić information content (AvgIpc) is 3.20. The van der Waals surface area contributed by atoms with Crippen molar-refractivity contribution in [3.63, 3.8) is 0 Å². The van der Waals surface area contributed by atoms with Crippen molar-refractivity contribution in [2.45, 2.75) is 71.5 Å². The molecule has 0 bridgehead atoms. The quantitative estimate of drug-likeness (QED) is 0.292. The van der Waals surface area contributed by atoms with Crippen LogP contribution >= 0.6 is 0 Å². The third-order valence-corrected chi connectivity index (χ3v) is 12.6. The summed E-state index contributed by atoms with van der Waals surface area (Å²) in [4.78, 5) is 20.2. The number of fused-ring (bicyclic) bond motifs is 4. The summed E-state index contributed by atoms with van der Waals surface area (Å²) < 4.78 is 18.4. The first kappa shape index (κ1) is 27.2. The summed E-state index contributed by atoms with van der Waals surface area (Å²) in [6, 6.07) is 17.9. The molecule has 3 aromatic carbocycles.